The number of carbonyl (C=O) groups excluding carboxylic acids is 2. The number of nitrogens with zero attached hydrogens (tertiary/aromatic N) is 2. The summed E-state index contributed by atoms with van der Waals surface area (Å²) in [7, 11) is 0. The topological polar surface area (TPSA) is 146 Å². The smallest absolute Gasteiger partial charge is 0.550 e. The molecule has 0 spiro atoms. The van der Waals surface area contributed by atoms with Crippen LogP contribution in [0.4, 0.5) is 0 Å². The van der Waals surface area contributed by atoms with E-state index < -0.39 is 11.9 Å². The number of rotatable bonds is 14. The Balaban J connectivity index is 0.00000351. The van der Waals surface area contributed by atoms with Gasteiger partial charge in [0.2, 0.25) is 0 Å². The number of carboxylic acid groups (broad SMARTS) is 2. The number of aliphatic imine (C=N–C) groups is 2. The summed E-state index contributed by atoms with van der Waals surface area (Å²) in [6.45, 7) is 17.6. The summed E-state index contributed by atoms with van der Waals surface area (Å²) in [6.07, 6.45) is 9.15. The van der Waals surface area contributed by atoms with Gasteiger partial charge in [-0.15, -0.1) is 0 Å². The number of carbonyl (C=O) groups is 2. The summed E-state index contributed by atoms with van der Waals surface area (Å²) in [4.78, 5) is 41.1. The minimum Gasteiger partial charge on any atom is -0.550 e. The van der Waals surface area contributed by atoms with Crippen LogP contribution in [0.25, 0.3) is 6.08 Å². The zero-order chi connectivity index (χ0) is 35.4. The van der Waals surface area contributed by atoms with Crippen LogP contribution in [0.3, 0.4) is 0 Å². The van der Waals surface area contributed by atoms with E-state index in [2.05, 4.69) is 51.2 Å². The Morgan fingerprint density at radius 3 is 2.27 bits per heavy atom. The van der Waals surface area contributed by atoms with E-state index >= 15 is 0 Å². The molecule has 3 atom stereocenters. The van der Waals surface area contributed by atoms with Crippen molar-refractivity contribution in [2.45, 2.75) is 131 Å². The van der Waals surface area contributed by atoms with Crippen molar-refractivity contribution in [2.75, 3.05) is 6.61 Å². The molecule has 0 fully saturated rings. The number of nitrogens with one attached hydrogen (secondary N) is 2. The summed E-state index contributed by atoms with van der Waals surface area (Å²) in [5.74, 6) is -2.22. The Hall–Kier alpha value is -1.98. The predicted octanol–water partition coefficient (Wildman–Crippen LogP) is -0.823. The molecule has 5 rings (SSSR count). The number of ether oxygens (including phenoxy) is 1. The monoisotopic (exact) mass is 714 g/mol. The van der Waals surface area contributed by atoms with Gasteiger partial charge in [-0.25, -0.2) is 0 Å². The Kier molecular flexibility index (Phi) is 16.5. The van der Waals surface area contributed by atoms with Gasteiger partial charge in [-0.05, 0) is 93.2 Å². The van der Waals surface area contributed by atoms with Gasteiger partial charge in [0.1, 0.15) is 0 Å². The SMILES string of the molecule is C=Cc1c2[nH]c(c1C)CC1=NC(=C(CCC(=O)[O-])C1C)Cc1[nH]c(c(C)c1CCC(=O)[O-])CC1=NC(C2)C(C)=C1C(C)OCCCCCC.[Na+].[Na+]. The predicted molar refractivity (Wildman–Crippen MR) is 191 cm³/mol. The van der Waals surface area contributed by atoms with Crippen molar-refractivity contribution < 1.29 is 83.7 Å². The second-order valence-corrected chi connectivity index (χ2v) is 14.0. The third-order valence-corrected chi connectivity index (χ3v) is 10.9. The van der Waals surface area contributed by atoms with E-state index in [1.54, 1.807) is 0 Å². The summed E-state index contributed by atoms with van der Waals surface area (Å²) >= 11 is 0. The van der Waals surface area contributed by atoms with E-state index in [-0.39, 0.29) is 90.0 Å². The van der Waals surface area contributed by atoms with Crippen LogP contribution in [-0.4, -0.2) is 52.1 Å². The summed E-state index contributed by atoms with van der Waals surface area (Å²) in [6, 6.07) is -0.0619. The third kappa shape index (κ3) is 9.97. The Morgan fingerprint density at radius 1 is 0.941 bits per heavy atom. The third-order valence-electron chi connectivity index (χ3n) is 10.9. The van der Waals surface area contributed by atoms with Crippen LogP contribution in [0, 0.1) is 19.8 Å². The second-order valence-electron chi connectivity index (χ2n) is 14.0. The fourth-order valence-electron chi connectivity index (χ4n) is 7.97. The average Bonchev–Trinajstić information content (AvgIpc) is 3.71. The first kappa shape index (κ1) is 43.4. The number of aliphatic carboxylic acids is 2. The van der Waals surface area contributed by atoms with Crippen molar-refractivity contribution in [3.8, 4) is 0 Å². The molecule has 5 heterocycles. The van der Waals surface area contributed by atoms with Crippen molar-refractivity contribution in [1.82, 2.24) is 9.97 Å². The van der Waals surface area contributed by atoms with Crippen LogP contribution in [-0.2, 0) is 46.4 Å². The molecule has 3 unspecified atom stereocenters. The maximum atomic E-state index is 11.6. The Labute approximate surface area is 347 Å². The number of hydrogen-bond donors (Lipinski definition) is 2. The number of aromatic amines is 2. The van der Waals surface area contributed by atoms with Crippen molar-refractivity contribution in [3.63, 3.8) is 0 Å². The van der Waals surface area contributed by atoms with Crippen LogP contribution in [0.2, 0.25) is 0 Å². The normalized spacial score (nSPS) is 18.9. The first-order valence-corrected chi connectivity index (χ1v) is 18.0. The molecule has 2 aromatic heterocycles. The fourth-order valence-corrected chi connectivity index (χ4v) is 7.97. The molecule has 0 aromatic carbocycles. The molecular weight excluding hydrogens is 662 g/mol. The molecule has 0 amide bonds. The van der Waals surface area contributed by atoms with E-state index in [0.717, 1.165) is 86.1 Å². The van der Waals surface area contributed by atoms with Gasteiger partial charge in [0.25, 0.3) is 0 Å². The van der Waals surface area contributed by atoms with E-state index in [1.165, 1.54) is 18.4 Å². The van der Waals surface area contributed by atoms with Gasteiger partial charge in [0.15, 0.2) is 0 Å². The first-order chi connectivity index (χ1) is 23.4. The minimum atomic E-state index is -1.09. The molecule has 0 saturated carbocycles. The molecule has 0 radical (unpaired) electrons. The number of hydrogen-bond acceptors (Lipinski definition) is 7. The number of H-pyrrole nitrogens is 2. The standard InChI is InChI=1S/C40H54N4O5.2Na/c1-8-10-11-12-17-49-26(7)40-25(6)33-19-34-27(9-2)22(3)30(41-34)18-31-23(4)28(13-15-38(45)46)35(42-31)21-36-29(14-16-39(47)48)24(5)32(43-36)20-37(40)44-33;;/h9,23,26,33,41,43H,2,8,10-21H2,1,3-7H3,(H,45,46)(H,47,48);;/q;2*+1/p-2. The van der Waals surface area contributed by atoms with Crippen LogP contribution in [0.5, 0.6) is 0 Å². The number of aromatic nitrogens is 2. The van der Waals surface area contributed by atoms with E-state index in [1.807, 2.05) is 13.0 Å². The van der Waals surface area contributed by atoms with Crippen LogP contribution < -0.4 is 69.3 Å². The van der Waals surface area contributed by atoms with Crippen molar-refractivity contribution in [3.05, 3.63) is 74.0 Å². The minimum absolute atomic E-state index is 0. The van der Waals surface area contributed by atoms with Gasteiger partial charge in [-0.3, -0.25) is 9.98 Å². The number of allylic oxidation sites excluding steroid dienone is 2. The van der Waals surface area contributed by atoms with Gasteiger partial charge >= 0.3 is 59.1 Å². The van der Waals surface area contributed by atoms with Gasteiger partial charge < -0.3 is 34.5 Å². The number of fused-ring (bicyclic) bond motifs is 6. The molecule has 3 aliphatic rings. The Morgan fingerprint density at radius 2 is 1.61 bits per heavy atom. The van der Waals surface area contributed by atoms with Gasteiger partial charge in [-0.2, -0.15) is 0 Å². The molecular formula is C40H52N4Na2O5. The average molecular weight is 715 g/mol. The Bertz CT molecular complexity index is 1740. The molecule has 8 bridgehead atoms. The molecule has 51 heavy (non-hydrogen) atoms. The zero-order valence-electron chi connectivity index (χ0n) is 32.1. The molecule has 0 aliphatic carbocycles. The van der Waals surface area contributed by atoms with Gasteiger partial charge in [-0.1, -0.05) is 45.8 Å². The van der Waals surface area contributed by atoms with Crippen molar-refractivity contribution in [1.29, 1.82) is 0 Å². The van der Waals surface area contributed by atoms with Crippen LogP contribution >= 0.6 is 0 Å². The number of carboxylic acids is 2. The van der Waals surface area contributed by atoms with Gasteiger partial charge in [0.05, 0.1) is 12.1 Å². The molecule has 0 saturated heterocycles. The van der Waals surface area contributed by atoms with Crippen LogP contribution in [0.15, 0.2) is 39.0 Å². The fraction of sp³-hybridized carbons (Fsp3) is 0.550. The van der Waals surface area contributed by atoms with Gasteiger partial charge in [0, 0.05) is 95.6 Å². The van der Waals surface area contributed by atoms with Crippen molar-refractivity contribution >= 4 is 29.4 Å². The largest absolute Gasteiger partial charge is 1.00 e. The van der Waals surface area contributed by atoms with Crippen molar-refractivity contribution in [2.24, 2.45) is 15.9 Å². The molecule has 11 heteroatoms. The zero-order valence-corrected chi connectivity index (χ0v) is 36.1. The second kappa shape index (κ2) is 19.4. The molecule has 2 N–H and O–H groups in total. The summed E-state index contributed by atoms with van der Waals surface area (Å²) in [5.41, 5.74) is 14.4. The quantitative estimate of drug-likeness (QED) is 0.194. The maximum absolute atomic E-state index is 11.6. The first-order valence-electron chi connectivity index (χ1n) is 18.0. The molecule has 9 nitrogen and oxygen atoms in total. The van der Waals surface area contributed by atoms with E-state index in [9.17, 15) is 19.8 Å². The van der Waals surface area contributed by atoms with E-state index in [4.69, 9.17) is 14.7 Å². The summed E-state index contributed by atoms with van der Waals surface area (Å²) < 4.78 is 6.45. The molecule has 3 aliphatic heterocycles. The molecule has 2 aromatic rings. The maximum Gasteiger partial charge on any atom is 1.00 e. The molecule has 264 valence electrons. The summed E-state index contributed by atoms with van der Waals surface area (Å²) in [5, 5.41) is 23.2. The van der Waals surface area contributed by atoms with Crippen LogP contribution in [0.1, 0.15) is 118 Å². The number of unbranched alkanes of at least 4 members (excludes halogenated alkanes) is 3. The van der Waals surface area contributed by atoms with E-state index in [0.29, 0.717) is 45.1 Å².